The predicted molar refractivity (Wildman–Crippen MR) is 149 cm³/mol. The molecule has 1 aromatic heterocycles. The van der Waals surface area contributed by atoms with E-state index in [1.807, 2.05) is 30.3 Å². The molecule has 0 aliphatic heterocycles. The van der Waals surface area contributed by atoms with E-state index in [9.17, 15) is 19.8 Å². The van der Waals surface area contributed by atoms with Crippen LogP contribution in [0.4, 0.5) is 0 Å². The first kappa shape index (κ1) is 22.0. The van der Waals surface area contributed by atoms with Gasteiger partial charge in [0.2, 0.25) is 0 Å². The highest BCUT2D eigenvalue weighted by Gasteiger charge is 2.18. The summed E-state index contributed by atoms with van der Waals surface area (Å²) in [6.45, 7) is -0.289. The molecule has 0 saturated carbocycles. The Labute approximate surface area is 216 Å². The van der Waals surface area contributed by atoms with Crippen molar-refractivity contribution in [3.05, 3.63) is 103 Å². The second kappa shape index (κ2) is 8.15. The van der Waals surface area contributed by atoms with Crippen LogP contribution >= 0.6 is 0 Å². The maximum absolute atomic E-state index is 12.2. The minimum absolute atomic E-state index is 0.108. The maximum atomic E-state index is 12.2. The molecule has 0 unspecified atom stereocenters. The van der Waals surface area contributed by atoms with Crippen molar-refractivity contribution in [3.63, 3.8) is 0 Å². The van der Waals surface area contributed by atoms with Gasteiger partial charge in [-0.3, -0.25) is 4.79 Å². The van der Waals surface area contributed by atoms with Crippen LogP contribution in [0.25, 0.3) is 65.9 Å². The number of imidazole rings is 1. The minimum Gasteiger partial charge on any atom is -0.480 e. The number of rotatable bonds is 5. The normalized spacial score (nSPS) is 11.7. The SMILES string of the molecule is O=C(O)Cn1c(-c2cc(C(=O)O)cc(-c3cc4ccc5cccc6ccc(c3)c4c56)c2)nc2ccccc21. The number of para-hydroxylation sites is 2. The molecule has 0 fully saturated rings. The van der Waals surface area contributed by atoms with Crippen LogP contribution in [-0.4, -0.2) is 31.7 Å². The number of carboxylic acid groups (broad SMARTS) is 2. The Balaban J connectivity index is 1.48. The van der Waals surface area contributed by atoms with Crippen LogP contribution in [0.2, 0.25) is 0 Å². The monoisotopic (exact) mass is 496 g/mol. The Morgan fingerprint density at radius 2 is 1.26 bits per heavy atom. The molecule has 0 saturated heterocycles. The molecule has 6 aromatic carbocycles. The molecule has 0 atom stereocenters. The van der Waals surface area contributed by atoms with E-state index in [0.717, 1.165) is 21.9 Å². The average molecular weight is 497 g/mol. The summed E-state index contributed by atoms with van der Waals surface area (Å²) in [6, 6.07) is 31.3. The van der Waals surface area contributed by atoms with Crippen LogP contribution in [-0.2, 0) is 11.3 Å². The summed E-state index contributed by atoms with van der Waals surface area (Å²) in [5.41, 5.74) is 3.57. The standard InChI is InChI=1S/C32H20N2O4/c35-28(36)17-34-27-7-2-1-6-26(27)33-31(34)24-14-23(15-25(16-24)32(37)38)22-12-20-10-8-18-4-3-5-19-9-11-21(13-22)30(20)29(18)19/h1-16H,17H2,(H,35,36)(H,37,38). The van der Waals surface area contributed by atoms with Crippen LogP contribution in [0.3, 0.4) is 0 Å². The minimum atomic E-state index is -1.06. The largest absolute Gasteiger partial charge is 0.480 e. The Morgan fingerprint density at radius 1 is 0.658 bits per heavy atom. The summed E-state index contributed by atoms with van der Waals surface area (Å²) >= 11 is 0. The van der Waals surface area contributed by atoms with Gasteiger partial charge >= 0.3 is 11.9 Å². The number of fused-ring (bicyclic) bond motifs is 1. The number of aromatic carboxylic acids is 1. The third-order valence-electron chi connectivity index (χ3n) is 7.18. The summed E-state index contributed by atoms with van der Waals surface area (Å²) < 4.78 is 1.61. The lowest BCUT2D eigenvalue weighted by Crippen LogP contribution is -2.10. The zero-order chi connectivity index (χ0) is 26.0. The molecule has 1 heterocycles. The van der Waals surface area contributed by atoms with Crippen molar-refractivity contribution >= 4 is 55.3 Å². The van der Waals surface area contributed by atoms with Crippen molar-refractivity contribution in [2.24, 2.45) is 0 Å². The first-order valence-electron chi connectivity index (χ1n) is 12.2. The highest BCUT2D eigenvalue weighted by molar-refractivity contribution is 6.23. The zero-order valence-corrected chi connectivity index (χ0v) is 20.1. The van der Waals surface area contributed by atoms with Gasteiger partial charge in [0.25, 0.3) is 0 Å². The number of nitrogens with zero attached hydrogens (tertiary/aromatic N) is 2. The smallest absolute Gasteiger partial charge is 0.335 e. The van der Waals surface area contributed by atoms with Crippen molar-refractivity contribution in [1.29, 1.82) is 0 Å². The molecule has 0 aliphatic rings. The van der Waals surface area contributed by atoms with Gasteiger partial charge in [-0.25, -0.2) is 9.78 Å². The zero-order valence-electron chi connectivity index (χ0n) is 20.1. The third kappa shape index (κ3) is 3.38. The number of benzene rings is 6. The molecule has 0 aliphatic carbocycles. The number of aliphatic carboxylic acids is 1. The predicted octanol–water partition coefficient (Wildman–Crippen LogP) is 7.05. The fourth-order valence-corrected chi connectivity index (χ4v) is 5.56. The van der Waals surface area contributed by atoms with Gasteiger partial charge < -0.3 is 14.8 Å². The first-order valence-corrected chi connectivity index (χ1v) is 12.2. The number of carbonyl (C=O) groups is 2. The fraction of sp³-hybridized carbons (Fsp3) is 0.0312. The summed E-state index contributed by atoms with van der Waals surface area (Å²) in [5.74, 6) is -1.65. The van der Waals surface area contributed by atoms with E-state index in [-0.39, 0.29) is 12.1 Å². The second-order valence-electron chi connectivity index (χ2n) is 9.52. The molecule has 182 valence electrons. The van der Waals surface area contributed by atoms with Gasteiger partial charge in [0.1, 0.15) is 12.4 Å². The van der Waals surface area contributed by atoms with Crippen LogP contribution < -0.4 is 0 Å². The summed E-state index contributed by atoms with van der Waals surface area (Å²) in [7, 11) is 0. The second-order valence-corrected chi connectivity index (χ2v) is 9.52. The molecular weight excluding hydrogens is 476 g/mol. The summed E-state index contributed by atoms with van der Waals surface area (Å²) in [4.78, 5) is 28.6. The van der Waals surface area contributed by atoms with E-state index < -0.39 is 11.9 Å². The van der Waals surface area contributed by atoms with Crippen LogP contribution in [0, 0.1) is 0 Å². The third-order valence-corrected chi connectivity index (χ3v) is 7.18. The summed E-state index contributed by atoms with van der Waals surface area (Å²) in [5, 5.41) is 26.4. The van der Waals surface area contributed by atoms with E-state index in [1.165, 1.54) is 21.5 Å². The Hall–Kier alpha value is -5.23. The highest BCUT2D eigenvalue weighted by atomic mass is 16.4. The molecule has 0 spiro atoms. The lowest BCUT2D eigenvalue weighted by atomic mass is 9.90. The topological polar surface area (TPSA) is 92.4 Å². The number of hydrogen-bond donors (Lipinski definition) is 2. The van der Waals surface area contributed by atoms with Gasteiger partial charge in [-0.05, 0) is 85.9 Å². The molecule has 38 heavy (non-hydrogen) atoms. The van der Waals surface area contributed by atoms with E-state index in [0.29, 0.717) is 22.4 Å². The van der Waals surface area contributed by atoms with E-state index >= 15 is 0 Å². The quantitative estimate of drug-likeness (QED) is 0.249. The number of carboxylic acids is 2. The van der Waals surface area contributed by atoms with E-state index in [2.05, 4.69) is 54.6 Å². The van der Waals surface area contributed by atoms with Crippen molar-refractivity contribution in [1.82, 2.24) is 9.55 Å². The van der Waals surface area contributed by atoms with Crippen molar-refractivity contribution in [2.45, 2.75) is 6.54 Å². The van der Waals surface area contributed by atoms with Crippen LogP contribution in [0.5, 0.6) is 0 Å². The fourth-order valence-electron chi connectivity index (χ4n) is 5.56. The maximum Gasteiger partial charge on any atom is 0.335 e. The Kier molecular flexibility index (Phi) is 4.72. The molecular formula is C32H20N2O4. The number of aromatic nitrogens is 2. The number of hydrogen-bond acceptors (Lipinski definition) is 3. The first-order chi connectivity index (χ1) is 18.5. The van der Waals surface area contributed by atoms with Gasteiger partial charge in [0.15, 0.2) is 0 Å². The molecule has 7 rings (SSSR count). The van der Waals surface area contributed by atoms with Crippen molar-refractivity contribution < 1.29 is 19.8 Å². The molecule has 2 N–H and O–H groups in total. The Morgan fingerprint density at radius 3 is 1.95 bits per heavy atom. The molecule has 7 aromatic rings. The molecule has 6 heteroatoms. The lowest BCUT2D eigenvalue weighted by molar-refractivity contribution is -0.137. The van der Waals surface area contributed by atoms with Crippen LogP contribution in [0.15, 0.2) is 97.1 Å². The van der Waals surface area contributed by atoms with Gasteiger partial charge in [0, 0.05) is 5.56 Å². The molecule has 0 bridgehead atoms. The Bertz CT molecular complexity index is 2010. The molecule has 0 amide bonds. The van der Waals surface area contributed by atoms with Gasteiger partial charge in [-0.1, -0.05) is 54.6 Å². The lowest BCUT2D eigenvalue weighted by Gasteiger charge is -2.14. The van der Waals surface area contributed by atoms with Crippen molar-refractivity contribution in [2.75, 3.05) is 0 Å². The molecule has 6 nitrogen and oxygen atoms in total. The van der Waals surface area contributed by atoms with Gasteiger partial charge in [0.05, 0.1) is 16.6 Å². The van der Waals surface area contributed by atoms with E-state index in [1.54, 1.807) is 16.7 Å². The van der Waals surface area contributed by atoms with Gasteiger partial charge in [-0.15, -0.1) is 0 Å². The summed E-state index contributed by atoms with van der Waals surface area (Å²) in [6.07, 6.45) is 0. The van der Waals surface area contributed by atoms with Gasteiger partial charge in [-0.2, -0.15) is 0 Å². The van der Waals surface area contributed by atoms with Crippen molar-refractivity contribution in [3.8, 4) is 22.5 Å². The average Bonchev–Trinajstić information content (AvgIpc) is 3.29. The molecule has 0 radical (unpaired) electrons. The van der Waals surface area contributed by atoms with Crippen LogP contribution in [0.1, 0.15) is 10.4 Å². The highest BCUT2D eigenvalue weighted by Crippen LogP contribution is 2.38. The van der Waals surface area contributed by atoms with E-state index in [4.69, 9.17) is 4.98 Å².